The molecular formula is C24H28. The van der Waals surface area contributed by atoms with Crippen molar-refractivity contribution >= 4 is 0 Å². The van der Waals surface area contributed by atoms with Crippen LogP contribution >= 0.6 is 0 Å². The zero-order chi connectivity index (χ0) is 17.5. The van der Waals surface area contributed by atoms with Gasteiger partial charge >= 0.3 is 0 Å². The van der Waals surface area contributed by atoms with Gasteiger partial charge in [0.1, 0.15) is 0 Å². The number of fused-ring (bicyclic) bond motifs is 1. The standard InChI is InChI=1S/C24H28/c1-23(2,3)21-11-7-17(8-12-21)20-15-18-9-13-22(24(4,5)6)14-10-19(18)16-20/h7-16H,1-6H3. The second kappa shape index (κ2) is 5.77. The van der Waals surface area contributed by atoms with Crippen LogP contribution in [0.5, 0.6) is 0 Å². The third kappa shape index (κ3) is 3.38. The molecule has 0 saturated carbocycles. The Hall–Kier alpha value is -2.08. The first-order valence-electron chi connectivity index (χ1n) is 8.80. The largest absolute Gasteiger partial charge is 0.0579 e. The fourth-order valence-corrected chi connectivity index (χ4v) is 3.08. The predicted molar refractivity (Wildman–Crippen MR) is 106 cm³/mol. The van der Waals surface area contributed by atoms with Crippen LogP contribution in [0.3, 0.4) is 0 Å². The number of rotatable bonds is 1. The normalized spacial score (nSPS) is 12.6. The van der Waals surface area contributed by atoms with Gasteiger partial charge in [0.25, 0.3) is 0 Å². The average molecular weight is 316 g/mol. The highest BCUT2D eigenvalue weighted by molar-refractivity contribution is 5.80. The van der Waals surface area contributed by atoms with E-state index in [1.54, 1.807) is 0 Å². The summed E-state index contributed by atoms with van der Waals surface area (Å²) in [5.41, 5.74) is 8.33. The van der Waals surface area contributed by atoms with Crippen molar-refractivity contribution in [1.82, 2.24) is 0 Å². The Labute approximate surface area is 146 Å². The van der Waals surface area contributed by atoms with Gasteiger partial charge in [0.2, 0.25) is 0 Å². The van der Waals surface area contributed by atoms with Crippen LogP contribution in [-0.2, 0) is 10.8 Å². The van der Waals surface area contributed by atoms with E-state index >= 15 is 0 Å². The molecule has 0 aromatic heterocycles. The molecule has 0 fully saturated rings. The molecule has 24 heavy (non-hydrogen) atoms. The van der Waals surface area contributed by atoms with Crippen LogP contribution in [0.1, 0.15) is 52.7 Å². The van der Waals surface area contributed by atoms with Crippen molar-refractivity contribution in [2.75, 3.05) is 0 Å². The number of hydrogen-bond donors (Lipinski definition) is 0. The Morgan fingerprint density at radius 1 is 0.417 bits per heavy atom. The molecule has 0 aliphatic heterocycles. The van der Waals surface area contributed by atoms with Gasteiger partial charge in [0, 0.05) is 0 Å². The monoisotopic (exact) mass is 316 g/mol. The Bertz CT molecular complexity index is 774. The van der Waals surface area contributed by atoms with E-state index in [1.807, 2.05) is 0 Å². The van der Waals surface area contributed by atoms with E-state index < -0.39 is 0 Å². The fourth-order valence-electron chi connectivity index (χ4n) is 3.08. The molecule has 0 amide bonds. The van der Waals surface area contributed by atoms with Crippen molar-refractivity contribution < 1.29 is 0 Å². The first kappa shape index (κ1) is 16.8. The Morgan fingerprint density at radius 2 is 0.750 bits per heavy atom. The van der Waals surface area contributed by atoms with Crippen LogP contribution in [0, 0.1) is 0 Å². The predicted octanol–water partition coefficient (Wildman–Crippen LogP) is 7.05. The van der Waals surface area contributed by atoms with Gasteiger partial charge in [0.05, 0.1) is 0 Å². The fraction of sp³-hybridized carbons (Fsp3) is 0.333. The second-order valence-electron chi connectivity index (χ2n) is 8.85. The van der Waals surface area contributed by atoms with Crippen molar-refractivity contribution in [2.45, 2.75) is 52.4 Å². The van der Waals surface area contributed by atoms with E-state index in [0.717, 1.165) is 0 Å². The van der Waals surface area contributed by atoms with Gasteiger partial charge in [-0.3, -0.25) is 0 Å². The summed E-state index contributed by atoms with van der Waals surface area (Å²) in [5.74, 6) is 0. The molecule has 0 nitrogen and oxygen atoms in total. The Morgan fingerprint density at radius 3 is 1.08 bits per heavy atom. The molecule has 124 valence electrons. The Balaban J connectivity index is 1.99. The summed E-state index contributed by atoms with van der Waals surface area (Å²) >= 11 is 0. The van der Waals surface area contributed by atoms with E-state index in [1.165, 1.54) is 33.4 Å². The van der Waals surface area contributed by atoms with Crippen LogP contribution < -0.4 is 0 Å². The molecule has 2 aliphatic carbocycles. The third-order valence-electron chi connectivity index (χ3n) is 4.79. The summed E-state index contributed by atoms with van der Waals surface area (Å²) in [6.45, 7) is 13.5. The number of hydrogen-bond acceptors (Lipinski definition) is 0. The van der Waals surface area contributed by atoms with E-state index in [9.17, 15) is 0 Å². The lowest BCUT2D eigenvalue weighted by molar-refractivity contribution is 0.590. The molecule has 0 heterocycles. The zero-order valence-electron chi connectivity index (χ0n) is 15.8. The first-order chi connectivity index (χ1) is 11.1. The maximum Gasteiger partial charge on any atom is -0.0132 e. The number of benzene rings is 1. The highest BCUT2D eigenvalue weighted by Crippen LogP contribution is 2.34. The van der Waals surface area contributed by atoms with Gasteiger partial charge < -0.3 is 0 Å². The molecule has 0 unspecified atom stereocenters. The minimum Gasteiger partial charge on any atom is -0.0579 e. The first-order valence-corrected chi connectivity index (χ1v) is 8.80. The lowest BCUT2D eigenvalue weighted by Gasteiger charge is -2.19. The van der Waals surface area contributed by atoms with Crippen molar-refractivity contribution in [1.29, 1.82) is 0 Å². The second-order valence-corrected chi connectivity index (χ2v) is 8.85. The van der Waals surface area contributed by atoms with Crippen molar-refractivity contribution in [3.8, 4) is 22.3 Å². The lowest BCUT2D eigenvalue weighted by atomic mass is 9.86. The summed E-state index contributed by atoms with van der Waals surface area (Å²) in [6, 6.07) is 22.6. The molecule has 0 saturated heterocycles. The summed E-state index contributed by atoms with van der Waals surface area (Å²) < 4.78 is 0. The van der Waals surface area contributed by atoms with Crippen LogP contribution in [-0.4, -0.2) is 0 Å². The molecule has 0 atom stereocenters. The molecule has 0 bridgehead atoms. The SMILES string of the molecule is CC(C)(C)c1ccc(-c2cc3ccc(C(C)(C)C)ccc-3c2)cc1. The summed E-state index contributed by atoms with van der Waals surface area (Å²) in [6.07, 6.45) is 0. The molecule has 0 heteroatoms. The van der Waals surface area contributed by atoms with Gasteiger partial charge in [-0.05, 0) is 56.3 Å². The van der Waals surface area contributed by atoms with Gasteiger partial charge in [-0.15, -0.1) is 0 Å². The van der Waals surface area contributed by atoms with Gasteiger partial charge in [0.15, 0.2) is 0 Å². The minimum atomic E-state index is 0.183. The van der Waals surface area contributed by atoms with Crippen LogP contribution in [0.15, 0.2) is 60.7 Å². The van der Waals surface area contributed by atoms with Crippen molar-refractivity contribution in [2.24, 2.45) is 0 Å². The van der Waals surface area contributed by atoms with E-state index in [2.05, 4.69) is 102 Å². The van der Waals surface area contributed by atoms with Crippen molar-refractivity contribution in [3.63, 3.8) is 0 Å². The summed E-state index contributed by atoms with van der Waals surface area (Å²) in [5, 5.41) is 0. The van der Waals surface area contributed by atoms with E-state index in [4.69, 9.17) is 0 Å². The maximum atomic E-state index is 2.30. The third-order valence-corrected chi connectivity index (χ3v) is 4.79. The van der Waals surface area contributed by atoms with Gasteiger partial charge in [-0.1, -0.05) is 90.1 Å². The quantitative estimate of drug-likeness (QED) is 0.451. The van der Waals surface area contributed by atoms with Crippen LogP contribution in [0.25, 0.3) is 22.3 Å². The lowest BCUT2D eigenvalue weighted by Crippen LogP contribution is -2.10. The topological polar surface area (TPSA) is 0 Å². The summed E-state index contributed by atoms with van der Waals surface area (Å²) in [7, 11) is 0. The maximum absolute atomic E-state index is 2.30. The molecule has 3 rings (SSSR count). The van der Waals surface area contributed by atoms with Crippen LogP contribution in [0.2, 0.25) is 0 Å². The van der Waals surface area contributed by atoms with Gasteiger partial charge in [-0.25, -0.2) is 0 Å². The van der Waals surface area contributed by atoms with E-state index in [-0.39, 0.29) is 10.8 Å². The molecule has 1 aromatic rings. The smallest absolute Gasteiger partial charge is 0.0132 e. The zero-order valence-corrected chi connectivity index (χ0v) is 15.8. The van der Waals surface area contributed by atoms with Crippen molar-refractivity contribution in [3.05, 3.63) is 71.8 Å². The molecule has 1 aromatic carbocycles. The summed E-state index contributed by atoms with van der Waals surface area (Å²) in [4.78, 5) is 0. The minimum absolute atomic E-state index is 0.183. The molecular weight excluding hydrogens is 288 g/mol. The molecule has 0 spiro atoms. The Kier molecular flexibility index (Phi) is 4.03. The highest BCUT2D eigenvalue weighted by atomic mass is 14.2. The molecule has 0 radical (unpaired) electrons. The molecule has 2 aliphatic rings. The van der Waals surface area contributed by atoms with E-state index in [0.29, 0.717) is 0 Å². The average Bonchev–Trinajstić information content (AvgIpc) is 2.78. The molecule has 0 N–H and O–H groups in total. The van der Waals surface area contributed by atoms with Crippen LogP contribution in [0.4, 0.5) is 0 Å². The van der Waals surface area contributed by atoms with Gasteiger partial charge in [-0.2, -0.15) is 0 Å². The highest BCUT2D eigenvalue weighted by Gasteiger charge is 2.15.